The number of carbonyl (C=O) groups excluding carboxylic acids is 1. The normalized spacial score (nSPS) is 24.6. The van der Waals surface area contributed by atoms with Crippen LogP contribution in [0.25, 0.3) is 0 Å². The molecule has 0 aliphatic carbocycles. The van der Waals surface area contributed by atoms with Crippen molar-refractivity contribution in [3.63, 3.8) is 0 Å². The number of ether oxygens (including phenoxy) is 1. The van der Waals surface area contributed by atoms with Gasteiger partial charge in [-0.1, -0.05) is 13.8 Å². The number of amides is 1. The van der Waals surface area contributed by atoms with E-state index in [9.17, 15) is 13.6 Å². The fourth-order valence-corrected chi connectivity index (χ4v) is 2.44. The number of alkyl halides is 2. The van der Waals surface area contributed by atoms with Crippen LogP contribution >= 0.6 is 0 Å². The number of likely N-dealkylation sites (tertiary alicyclic amines) is 1. The molecule has 1 aliphatic heterocycles. The van der Waals surface area contributed by atoms with Crippen LogP contribution in [-0.4, -0.2) is 41.6 Å². The molecule has 1 rings (SSSR count). The number of rotatable bonds is 2. The van der Waals surface area contributed by atoms with E-state index in [0.29, 0.717) is 13.0 Å². The third-order valence-electron chi connectivity index (χ3n) is 3.48. The van der Waals surface area contributed by atoms with Crippen LogP contribution in [0, 0.1) is 5.41 Å². The van der Waals surface area contributed by atoms with Crippen molar-refractivity contribution >= 4 is 6.09 Å². The molecule has 0 bridgehead atoms. The number of piperidine rings is 1. The van der Waals surface area contributed by atoms with E-state index in [4.69, 9.17) is 10.5 Å². The highest BCUT2D eigenvalue weighted by Gasteiger charge is 2.42. The van der Waals surface area contributed by atoms with E-state index in [0.717, 1.165) is 6.42 Å². The smallest absolute Gasteiger partial charge is 0.410 e. The maximum Gasteiger partial charge on any atom is 0.410 e. The summed E-state index contributed by atoms with van der Waals surface area (Å²) in [6, 6.07) is -2.00. The molecular formula is C14H26F2N2O2. The highest BCUT2D eigenvalue weighted by Crippen LogP contribution is 2.34. The Balaban J connectivity index is 2.90. The fraction of sp³-hybridized carbons (Fsp3) is 0.929. The molecule has 20 heavy (non-hydrogen) atoms. The van der Waals surface area contributed by atoms with Gasteiger partial charge >= 0.3 is 6.09 Å². The monoisotopic (exact) mass is 292 g/mol. The van der Waals surface area contributed by atoms with Gasteiger partial charge in [-0.2, -0.15) is 0 Å². The van der Waals surface area contributed by atoms with Gasteiger partial charge in [-0.05, 0) is 39.0 Å². The minimum atomic E-state index is -2.65. The summed E-state index contributed by atoms with van der Waals surface area (Å²) >= 11 is 0. The average molecular weight is 292 g/mol. The van der Waals surface area contributed by atoms with Gasteiger partial charge in [0.1, 0.15) is 5.60 Å². The van der Waals surface area contributed by atoms with E-state index in [1.165, 1.54) is 4.90 Å². The molecule has 6 heteroatoms. The summed E-state index contributed by atoms with van der Waals surface area (Å²) in [6.07, 6.45) is -1.98. The maximum absolute atomic E-state index is 12.9. The second-order valence-corrected chi connectivity index (χ2v) is 7.29. The standard InChI is InChI=1S/C14H26F2N2O2/c1-13(2,3)20-12(19)18-8-14(4,5)7-6-9(18)10(17)11(15)16/h9-11H,6-8,17H2,1-5H3. The number of nitrogens with zero attached hydrogens (tertiary/aromatic N) is 1. The molecule has 4 nitrogen and oxygen atoms in total. The van der Waals surface area contributed by atoms with Crippen molar-refractivity contribution in [2.24, 2.45) is 11.1 Å². The molecule has 1 heterocycles. The second-order valence-electron chi connectivity index (χ2n) is 7.29. The van der Waals surface area contributed by atoms with Crippen LogP contribution in [0.2, 0.25) is 0 Å². The highest BCUT2D eigenvalue weighted by atomic mass is 19.3. The average Bonchev–Trinajstić information content (AvgIpc) is 2.24. The summed E-state index contributed by atoms with van der Waals surface area (Å²) in [5.41, 5.74) is 4.80. The Morgan fingerprint density at radius 1 is 1.40 bits per heavy atom. The van der Waals surface area contributed by atoms with E-state index >= 15 is 0 Å². The molecule has 2 atom stereocenters. The molecule has 0 saturated carbocycles. The van der Waals surface area contributed by atoms with Crippen LogP contribution in [0.3, 0.4) is 0 Å². The van der Waals surface area contributed by atoms with Crippen LogP contribution < -0.4 is 5.73 Å². The molecule has 0 aromatic heterocycles. The molecule has 2 N–H and O–H groups in total. The summed E-state index contributed by atoms with van der Waals surface area (Å²) in [4.78, 5) is 13.6. The van der Waals surface area contributed by atoms with Gasteiger partial charge in [-0.15, -0.1) is 0 Å². The first-order valence-corrected chi connectivity index (χ1v) is 6.96. The molecule has 1 fully saturated rings. The zero-order chi connectivity index (χ0) is 15.7. The number of halogens is 2. The Bertz CT molecular complexity index is 354. The summed E-state index contributed by atoms with van der Waals surface area (Å²) in [5, 5.41) is 0. The number of nitrogens with two attached hydrogens (primary N) is 1. The third kappa shape index (κ3) is 4.58. The van der Waals surface area contributed by atoms with Crippen molar-refractivity contribution in [1.29, 1.82) is 0 Å². The van der Waals surface area contributed by atoms with E-state index in [-0.39, 0.29) is 5.41 Å². The Kier molecular flexibility index (Phi) is 5.00. The molecule has 1 saturated heterocycles. The largest absolute Gasteiger partial charge is 0.444 e. The quantitative estimate of drug-likeness (QED) is 0.851. The van der Waals surface area contributed by atoms with Gasteiger partial charge < -0.3 is 15.4 Å². The van der Waals surface area contributed by atoms with Crippen molar-refractivity contribution in [1.82, 2.24) is 4.90 Å². The molecule has 0 aromatic carbocycles. The lowest BCUT2D eigenvalue weighted by Gasteiger charge is -2.45. The minimum absolute atomic E-state index is 0.116. The zero-order valence-corrected chi connectivity index (χ0v) is 13.0. The van der Waals surface area contributed by atoms with Gasteiger partial charge in [0.25, 0.3) is 6.43 Å². The van der Waals surface area contributed by atoms with E-state index in [1.54, 1.807) is 20.8 Å². The second kappa shape index (κ2) is 5.84. The zero-order valence-electron chi connectivity index (χ0n) is 13.0. The van der Waals surface area contributed by atoms with Crippen molar-refractivity contribution < 1.29 is 18.3 Å². The first-order valence-electron chi connectivity index (χ1n) is 6.96. The van der Waals surface area contributed by atoms with Crippen LogP contribution in [0.15, 0.2) is 0 Å². The lowest BCUT2D eigenvalue weighted by Crippen LogP contribution is -2.59. The van der Waals surface area contributed by atoms with Crippen molar-refractivity contribution in [2.45, 2.75) is 71.6 Å². The van der Waals surface area contributed by atoms with Crippen molar-refractivity contribution in [3.05, 3.63) is 0 Å². The highest BCUT2D eigenvalue weighted by molar-refractivity contribution is 5.69. The van der Waals surface area contributed by atoms with Crippen LogP contribution in [0.1, 0.15) is 47.5 Å². The summed E-state index contributed by atoms with van der Waals surface area (Å²) in [6.45, 7) is 9.65. The van der Waals surface area contributed by atoms with Gasteiger partial charge in [0.05, 0.1) is 12.1 Å². The molecule has 0 spiro atoms. The molecular weight excluding hydrogens is 266 g/mol. The van der Waals surface area contributed by atoms with Crippen LogP contribution in [0.5, 0.6) is 0 Å². The van der Waals surface area contributed by atoms with E-state index in [2.05, 4.69) is 0 Å². The van der Waals surface area contributed by atoms with Crippen molar-refractivity contribution in [3.8, 4) is 0 Å². The molecule has 0 aromatic rings. The first-order chi connectivity index (χ1) is 8.93. The van der Waals surface area contributed by atoms with Crippen LogP contribution in [-0.2, 0) is 4.74 Å². The molecule has 0 radical (unpaired) electrons. The Labute approximate surface area is 119 Å². The third-order valence-corrected chi connectivity index (χ3v) is 3.48. The van der Waals surface area contributed by atoms with E-state index in [1.807, 2.05) is 13.8 Å². The Morgan fingerprint density at radius 3 is 2.40 bits per heavy atom. The lowest BCUT2D eigenvalue weighted by atomic mass is 9.80. The first kappa shape index (κ1) is 17.1. The summed E-state index contributed by atoms with van der Waals surface area (Å²) in [7, 11) is 0. The predicted octanol–water partition coefficient (Wildman–Crippen LogP) is 3.00. The number of hydrogen-bond acceptors (Lipinski definition) is 3. The molecule has 1 amide bonds. The Morgan fingerprint density at radius 2 is 1.95 bits per heavy atom. The fourth-order valence-electron chi connectivity index (χ4n) is 2.44. The topological polar surface area (TPSA) is 55.6 Å². The van der Waals surface area contributed by atoms with Gasteiger partial charge in [0.15, 0.2) is 0 Å². The van der Waals surface area contributed by atoms with E-state index < -0.39 is 30.2 Å². The molecule has 2 unspecified atom stereocenters. The van der Waals surface area contributed by atoms with Crippen molar-refractivity contribution in [2.75, 3.05) is 6.54 Å². The summed E-state index contributed by atoms with van der Waals surface area (Å²) in [5.74, 6) is 0. The van der Waals surface area contributed by atoms with Gasteiger partial charge in [-0.25, -0.2) is 13.6 Å². The minimum Gasteiger partial charge on any atom is -0.444 e. The van der Waals surface area contributed by atoms with Gasteiger partial charge in [0.2, 0.25) is 0 Å². The van der Waals surface area contributed by atoms with Gasteiger partial charge in [-0.3, -0.25) is 0 Å². The summed E-state index contributed by atoms with van der Waals surface area (Å²) < 4.78 is 31.1. The lowest BCUT2D eigenvalue weighted by molar-refractivity contribution is -0.0262. The predicted molar refractivity (Wildman–Crippen MR) is 73.7 cm³/mol. The Hall–Kier alpha value is -0.910. The SMILES string of the molecule is CC1(C)CCC(C(N)C(F)F)N(C(=O)OC(C)(C)C)C1. The van der Waals surface area contributed by atoms with Gasteiger partial charge in [0, 0.05) is 6.54 Å². The maximum atomic E-state index is 12.9. The number of hydrogen-bond donors (Lipinski definition) is 1. The molecule has 1 aliphatic rings. The van der Waals surface area contributed by atoms with Crippen LogP contribution in [0.4, 0.5) is 13.6 Å². The molecule has 118 valence electrons. The number of carbonyl (C=O) groups is 1.